The van der Waals surface area contributed by atoms with Crippen LogP contribution in [0.2, 0.25) is 0 Å². The molecule has 1 aromatic rings. The normalized spacial score (nSPS) is 11.9. The molecule has 0 spiro atoms. The van der Waals surface area contributed by atoms with Crippen LogP contribution in [-0.4, -0.2) is 16.7 Å². The van der Waals surface area contributed by atoms with Crippen LogP contribution in [0.15, 0.2) is 18.3 Å². The smallest absolute Gasteiger partial charge is 0.0624 e. The number of aliphatic hydroxyl groups is 1. The molecule has 0 fully saturated rings. The van der Waals surface area contributed by atoms with E-state index in [4.69, 9.17) is 10.8 Å². The van der Waals surface area contributed by atoms with Gasteiger partial charge in [0.15, 0.2) is 0 Å². The van der Waals surface area contributed by atoms with E-state index < -0.39 is 0 Å². The maximum absolute atomic E-state index is 8.73. The third-order valence-corrected chi connectivity index (χ3v) is 1.55. The largest absolute Gasteiger partial charge is 0.394 e. The van der Waals surface area contributed by atoms with Crippen LogP contribution in [0.5, 0.6) is 0 Å². The monoisotopic (exact) mass is 188 g/mol. The summed E-state index contributed by atoms with van der Waals surface area (Å²) in [7, 11) is 0. The van der Waals surface area contributed by atoms with Crippen molar-refractivity contribution in [3.05, 3.63) is 29.6 Å². The summed E-state index contributed by atoms with van der Waals surface area (Å²) in [6.45, 7) is 1.87. The molecule has 3 N–H and O–H groups in total. The maximum Gasteiger partial charge on any atom is 0.0624 e. The van der Waals surface area contributed by atoms with Gasteiger partial charge in [-0.3, -0.25) is 4.98 Å². The van der Waals surface area contributed by atoms with Crippen molar-refractivity contribution in [3.8, 4) is 0 Å². The molecule has 68 valence electrons. The van der Waals surface area contributed by atoms with Crippen molar-refractivity contribution < 1.29 is 5.11 Å². The zero-order chi connectivity index (χ0) is 8.27. The van der Waals surface area contributed by atoms with Gasteiger partial charge in [-0.05, 0) is 24.6 Å². The van der Waals surface area contributed by atoms with Crippen molar-refractivity contribution in [2.75, 3.05) is 6.61 Å². The van der Waals surface area contributed by atoms with Gasteiger partial charge in [0, 0.05) is 11.9 Å². The van der Waals surface area contributed by atoms with Gasteiger partial charge >= 0.3 is 0 Å². The van der Waals surface area contributed by atoms with Gasteiger partial charge in [0.1, 0.15) is 0 Å². The van der Waals surface area contributed by atoms with Gasteiger partial charge in [-0.15, -0.1) is 12.4 Å². The van der Waals surface area contributed by atoms with E-state index in [9.17, 15) is 0 Å². The third kappa shape index (κ3) is 2.77. The zero-order valence-electron chi connectivity index (χ0n) is 6.90. The van der Waals surface area contributed by atoms with Crippen molar-refractivity contribution in [1.82, 2.24) is 4.98 Å². The number of rotatable bonds is 2. The van der Waals surface area contributed by atoms with Gasteiger partial charge in [-0.25, -0.2) is 0 Å². The number of aliphatic hydroxyl groups excluding tert-OH is 1. The molecule has 1 aromatic heterocycles. The summed E-state index contributed by atoms with van der Waals surface area (Å²) in [4.78, 5) is 4.02. The lowest BCUT2D eigenvalue weighted by atomic mass is 10.1. The van der Waals surface area contributed by atoms with Crippen molar-refractivity contribution in [1.29, 1.82) is 0 Å². The summed E-state index contributed by atoms with van der Waals surface area (Å²) in [5.74, 6) is 0. The summed E-state index contributed by atoms with van der Waals surface area (Å²) in [5.41, 5.74) is 7.44. The van der Waals surface area contributed by atoms with Crippen LogP contribution in [-0.2, 0) is 0 Å². The number of nitrogens with zero attached hydrogens (tertiary/aromatic N) is 1. The first-order valence-electron chi connectivity index (χ1n) is 3.53. The Labute approximate surface area is 78.0 Å². The SMILES string of the molecule is Cc1cc(C(N)CO)ccn1.Cl. The molecule has 0 aliphatic carbocycles. The molecule has 0 bridgehead atoms. The maximum atomic E-state index is 8.73. The van der Waals surface area contributed by atoms with Crippen LogP contribution < -0.4 is 5.73 Å². The minimum absolute atomic E-state index is 0. The number of halogens is 1. The fraction of sp³-hybridized carbons (Fsp3) is 0.375. The summed E-state index contributed by atoms with van der Waals surface area (Å²) in [6.07, 6.45) is 1.69. The topological polar surface area (TPSA) is 59.1 Å². The van der Waals surface area contributed by atoms with Gasteiger partial charge in [-0.2, -0.15) is 0 Å². The number of aromatic nitrogens is 1. The van der Waals surface area contributed by atoms with Gasteiger partial charge in [0.05, 0.1) is 12.6 Å². The first kappa shape index (κ1) is 11.4. The third-order valence-electron chi connectivity index (χ3n) is 1.55. The molecule has 1 unspecified atom stereocenters. The molecule has 0 aromatic carbocycles. The standard InChI is InChI=1S/C8H12N2O.ClH/c1-6-4-7(2-3-10-6)8(9)5-11;/h2-4,8,11H,5,9H2,1H3;1H. The van der Waals surface area contributed by atoms with Crippen LogP contribution in [0.3, 0.4) is 0 Å². The van der Waals surface area contributed by atoms with Gasteiger partial charge < -0.3 is 10.8 Å². The number of pyridine rings is 1. The van der Waals surface area contributed by atoms with Gasteiger partial charge in [0.25, 0.3) is 0 Å². The highest BCUT2D eigenvalue weighted by molar-refractivity contribution is 5.85. The van der Waals surface area contributed by atoms with Crippen molar-refractivity contribution in [2.45, 2.75) is 13.0 Å². The number of hydrogen-bond donors (Lipinski definition) is 2. The fourth-order valence-electron chi connectivity index (χ4n) is 0.904. The van der Waals surface area contributed by atoms with Crippen LogP contribution in [0, 0.1) is 6.92 Å². The molecular weight excluding hydrogens is 176 g/mol. The Morgan fingerprint density at radius 2 is 2.33 bits per heavy atom. The van der Waals surface area contributed by atoms with Crippen molar-refractivity contribution in [3.63, 3.8) is 0 Å². The van der Waals surface area contributed by atoms with Crippen LogP contribution in [0.25, 0.3) is 0 Å². The first-order chi connectivity index (χ1) is 5.24. The quantitative estimate of drug-likeness (QED) is 0.722. The number of nitrogens with two attached hydrogens (primary N) is 1. The predicted octanol–water partition coefficient (Wildman–Crippen LogP) is 0.804. The van der Waals surface area contributed by atoms with Gasteiger partial charge in [0.2, 0.25) is 0 Å². The molecular formula is C8H13ClN2O. The van der Waals surface area contributed by atoms with E-state index in [-0.39, 0.29) is 25.1 Å². The highest BCUT2D eigenvalue weighted by Gasteiger charge is 2.02. The Balaban J connectivity index is 0.00000121. The lowest BCUT2D eigenvalue weighted by molar-refractivity contribution is 0.268. The lowest BCUT2D eigenvalue weighted by Gasteiger charge is -2.07. The lowest BCUT2D eigenvalue weighted by Crippen LogP contribution is -2.14. The van der Waals surface area contributed by atoms with Crippen LogP contribution in [0.4, 0.5) is 0 Å². The molecule has 3 nitrogen and oxygen atoms in total. The molecule has 1 rings (SSSR count). The molecule has 0 amide bonds. The Morgan fingerprint density at radius 3 is 2.83 bits per heavy atom. The zero-order valence-corrected chi connectivity index (χ0v) is 7.71. The molecule has 4 heteroatoms. The Bertz CT molecular complexity index is 242. The summed E-state index contributed by atoms with van der Waals surface area (Å²) in [6, 6.07) is 3.41. The van der Waals surface area contributed by atoms with Crippen LogP contribution >= 0.6 is 12.4 Å². The highest BCUT2D eigenvalue weighted by atomic mass is 35.5. The second-order valence-electron chi connectivity index (χ2n) is 2.52. The minimum Gasteiger partial charge on any atom is -0.394 e. The Morgan fingerprint density at radius 1 is 1.67 bits per heavy atom. The van der Waals surface area contributed by atoms with E-state index in [0.717, 1.165) is 11.3 Å². The number of aryl methyl sites for hydroxylation is 1. The van der Waals surface area contributed by atoms with Crippen molar-refractivity contribution >= 4 is 12.4 Å². The molecule has 0 aliphatic heterocycles. The second-order valence-corrected chi connectivity index (χ2v) is 2.52. The van der Waals surface area contributed by atoms with E-state index in [1.807, 2.05) is 19.1 Å². The Hall–Kier alpha value is -0.640. The van der Waals surface area contributed by atoms with E-state index in [1.54, 1.807) is 6.20 Å². The predicted molar refractivity (Wildman–Crippen MR) is 50.2 cm³/mol. The summed E-state index contributed by atoms with van der Waals surface area (Å²) < 4.78 is 0. The second kappa shape index (κ2) is 5.09. The van der Waals surface area contributed by atoms with Gasteiger partial charge in [-0.1, -0.05) is 0 Å². The first-order valence-corrected chi connectivity index (χ1v) is 3.53. The molecule has 12 heavy (non-hydrogen) atoms. The minimum atomic E-state index is -0.281. The molecule has 1 atom stereocenters. The molecule has 0 saturated heterocycles. The van der Waals surface area contributed by atoms with E-state index in [2.05, 4.69) is 4.98 Å². The fourth-order valence-corrected chi connectivity index (χ4v) is 0.904. The van der Waals surface area contributed by atoms with Crippen molar-refractivity contribution in [2.24, 2.45) is 5.73 Å². The molecule has 1 heterocycles. The van der Waals surface area contributed by atoms with E-state index in [1.165, 1.54) is 0 Å². The average molecular weight is 189 g/mol. The molecule has 0 saturated carbocycles. The highest BCUT2D eigenvalue weighted by Crippen LogP contribution is 2.08. The molecule has 0 aliphatic rings. The molecule has 0 radical (unpaired) electrons. The Kier molecular flexibility index (Phi) is 4.81. The average Bonchev–Trinajstić information content (AvgIpc) is 2.03. The summed E-state index contributed by atoms with van der Waals surface area (Å²) in [5, 5.41) is 8.73. The van der Waals surface area contributed by atoms with Crippen LogP contribution in [0.1, 0.15) is 17.3 Å². The van der Waals surface area contributed by atoms with E-state index >= 15 is 0 Å². The summed E-state index contributed by atoms with van der Waals surface area (Å²) >= 11 is 0. The number of hydrogen-bond acceptors (Lipinski definition) is 3. The van der Waals surface area contributed by atoms with E-state index in [0.29, 0.717) is 0 Å².